The van der Waals surface area contributed by atoms with Crippen molar-refractivity contribution in [3.63, 3.8) is 0 Å². The van der Waals surface area contributed by atoms with E-state index in [9.17, 15) is 4.79 Å². The van der Waals surface area contributed by atoms with Crippen molar-refractivity contribution in [2.75, 3.05) is 16.8 Å². The maximum atomic E-state index is 11.8. The number of nitrogens with two attached hydrogens (primary N) is 1. The fraction of sp³-hybridized carbons (Fsp3) is 0.267. The van der Waals surface area contributed by atoms with Crippen molar-refractivity contribution < 1.29 is 9.21 Å². The first-order valence-corrected chi connectivity index (χ1v) is 7.57. The third-order valence-electron chi connectivity index (χ3n) is 2.95. The summed E-state index contributed by atoms with van der Waals surface area (Å²) < 4.78 is 5.23. The summed E-state index contributed by atoms with van der Waals surface area (Å²) >= 11 is 1.68. The molecule has 1 aromatic heterocycles. The largest absolute Gasteiger partial charge is 0.468 e. The molecule has 0 saturated heterocycles. The third kappa shape index (κ3) is 4.06. The molecule has 0 aliphatic rings. The number of hydrogen-bond donors (Lipinski definition) is 2. The lowest BCUT2D eigenvalue weighted by Crippen LogP contribution is -2.13. The van der Waals surface area contributed by atoms with Crippen molar-refractivity contribution in [1.29, 1.82) is 0 Å². The first kappa shape index (κ1) is 14.5. The van der Waals surface area contributed by atoms with E-state index < -0.39 is 0 Å². The van der Waals surface area contributed by atoms with Gasteiger partial charge in [0.25, 0.3) is 0 Å². The smallest absolute Gasteiger partial charge is 0.225 e. The number of rotatable bonds is 6. The Morgan fingerprint density at radius 3 is 2.95 bits per heavy atom. The molecule has 1 amide bonds. The van der Waals surface area contributed by atoms with Crippen LogP contribution >= 0.6 is 11.8 Å². The van der Waals surface area contributed by atoms with Crippen LogP contribution in [0.1, 0.15) is 17.7 Å². The molecule has 0 fully saturated rings. The lowest BCUT2D eigenvalue weighted by molar-refractivity contribution is -0.115. The number of carbonyl (C=O) groups is 1. The fourth-order valence-corrected chi connectivity index (χ4v) is 2.57. The molecule has 0 aliphatic heterocycles. The Labute approximate surface area is 122 Å². The van der Waals surface area contributed by atoms with Crippen molar-refractivity contribution >= 4 is 29.0 Å². The molecule has 0 atom stereocenters. The van der Waals surface area contributed by atoms with Crippen molar-refractivity contribution in [2.45, 2.75) is 19.1 Å². The summed E-state index contributed by atoms with van der Waals surface area (Å²) in [6, 6.07) is 9.32. The van der Waals surface area contributed by atoms with Gasteiger partial charge < -0.3 is 15.5 Å². The van der Waals surface area contributed by atoms with Crippen LogP contribution in [0.3, 0.4) is 0 Å². The number of furan rings is 1. The maximum Gasteiger partial charge on any atom is 0.225 e. The molecule has 4 nitrogen and oxygen atoms in total. The first-order valence-electron chi connectivity index (χ1n) is 6.42. The molecule has 3 N–H and O–H groups in total. The molecule has 2 aromatic rings. The van der Waals surface area contributed by atoms with Gasteiger partial charge in [0.15, 0.2) is 0 Å². The molecule has 0 bridgehead atoms. The van der Waals surface area contributed by atoms with E-state index >= 15 is 0 Å². The third-order valence-corrected chi connectivity index (χ3v) is 3.93. The number of thioether (sulfide) groups is 1. The molecular formula is C15H18N2O2S. The zero-order valence-corrected chi connectivity index (χ0v) is 12.2. The van der Waals surface area contributed by atoms with E-state index in [0.717, 1.165) is 28.5 Å². The second-order valence-corrected chi connectivity index (χ2v) is 5.56. The monoisotopic (exact) mass is 290 g/mol. The summed E-state index contributed by atoms with van der Waals surface area (Å²) in [6.45, 7) is 1.90. The summed E-state index contributed by atoms with van der Waals surface area (Å²) in [5, 5.41) is 2.89. The standard InChI is InChI=1S/C15H18N2O2S/c1-11-13(16)5-2-6-14(11)17-15(18)7-9-20-10-12-4-3-8-19-12/h2-6,8H,7,9-10,16H2,1H3,(H,17,18). The van der Waals surface area contributed by atoms with Crippen LogP contribution in [0, 0.1) is 6.92 Å². The molecule has 0 radical (unpaired) electrons. The maximum absolute atomic E-state index is 11.8. The van der Waals surface area contributed by atoms with Crippen molar-refractivity contribution in [3.8, 4) is 0 Å². The summed E-state index contributed by atoms with van der Waals surface area (Å²) in [4.78, 5) is 11.8. The van der Waals surface area contributed by atoms with Gasteiger partial charge in [-0.25, -0.2) is 0 Å². The lowest BCUT2D eigenvalue weighted by Gasteiger charge is -2.09. The van der Waals surface area contributed by atoms with Gasteiger partial charge in [-0.2, -0.15) is 11.8 Å². The molecule has 0 aliphatic carbocycles. The van der Waals surface area contributed by atoms with Crippen molar-refractivity contribution in [3.05, 3.63) is 47.9 Å². The van der Waals surface area contributed by atoms with E-state index in [-0.39, 0.29) is 5.91 Å². The minimum absolute atomic E-state index is 0.00523. The molecule has 0 unspecified atom stereocenters. The summed E-state index contributed by atoms with van der Waals surface area (Å²) in [6.07, 6.45) is 2.13. The van der Waals surface area contributed by atoms with Crippen LogP contribution in [0.2, 0.25) is 0 Å². The zero-order valence-electron chi connectivity index (χ0n) is 11.4. The van der Waals surface area contributed by atoms with Crippen molar-refractivity contribution in [2.24, 2.45) is 0 Å². The summed E-state index contributed by atoms with van der Waals surface area (Å²) in [7, 11) is 0. The van der Waals surface area contributed by atoms with Gasteiger partial charge in [-0.1, -0.05) is 6.07 Å². The minimum Gasteiger partial charge on any atom is -0.468 e. The SMILES string of the molecule is Cc1c(N)cccc1NC(=O)CCSCc1ccco1. The number of amides is 1. The Morgan fingerprint density at radius 2 is 2.20 bits per heavy atom. The van der Waals surface area contributed by atoms with E-state index in [2.05, 4.69) is 5.32 Å². The molecule has 1 aromatic carbocycles. The van der Waals surface area contributed by atoms with Crippen LogP contribution in [0.15, 0.2) is 41.0 Å². The van der Waals surface area contributed by atoms with Crippen LogP contribution in [0.25, 0.3) is 0 Å². The highest BCUT2D eigenvalue weighted by Gasteiger charge is 2.06. The molecular weight excluding hydrogens is 272 g/mol. The Morgan fingerprint density at radius 1 is 1.35 bits per heavy atom. The summed E-state index contributed by atoms with van der Waals surface area (Å²) in [5.74, 6) is 2.48. The second kappa shape index (κ2) is 7.05. The van der Waals surface area contributed by atoms with Crippen molar-refractivity contribution in [1.82, 2.24) is 0 Å². The molecule has 2 rings (SSSR count). The number of nitrogens with one attached hydrogen (secondary N) is 1. The van der Waals surface area contributed by atoms with Gasteiger partial charge in [0.05, 0.1) is 12.0 Å². The lowest BCUT2D eigenvalue weighted by atomic mass is 10.1. The van der Waals surface area contributed by atoms with Crippen LogP contribution in [0.4, 0.5) is 11.4 Å². The minimum atomic E-state index is 0.00523. The van der Waals surface area contributed by atoms with Gasteiger partial charge in [-0.3, -0.25) is 4.79 Å². The average Bonchev–Trinajstić information content (AvgIpc) is 2.93. The topological polar surface area (TPSA) is 68.3 Å². The van der Waals surface area contributed by atoms with Crippen LogP contribution in [-0.4, -0.2) is 11.7 Å². The number of hydrogen-bond acceptors (Lipinski definition) is 4. The summed E-state index contributed by atoms with van der Waals surface area (Å²) in [5.41, 5.74) is 8.19. The predicted octanol–water partition coefficient (Wildman–Crippen LogP) is 3.43. The van der Waals surface area contributed by atoms with E-state index in [0.29, 0.717) is 12.1 Å². The van der Waals surface area contributed by atoms with Crippen LogP contribution in [0.5, 0.6) is 0 Å². The van der Waals surface area contributed by atoms with Gasteiger partial charge >= 0.3 is 0 Å². The van der Waals surface area contributed by atoms with Crippen LogP contribution < -0.4 is 11.1 Å². The zero-order chi connectivity index (χ0) is 14.4. The Bertz CT molecular complexity index is 567. The Balaban J connectivity index is 1.74. The van der Waals surface area contributed by atoms with E-state index in [4.69, 9.17) is 10.2 Å². The predicted molar refractivity (Wildman–Crippen MR) is 83.7 cm³/mol. The average molecular weight is 290 g/mol. The Hall–Kier alpha value is -1.88. The molecule has 5 heteroatoms. The van der Waals surface area contributed by atoms with E-state index in [1.807, 2.05) is 37.3 Å². The number of anilines is 2. The quantitative estimate of drug-likeness (QED) is 0.631. The fourth-order valence-electron chi connectivity index (χ4n) is 1.73. The Kier molecular flexibility index (Phi) is 5.12. The molecule has 1 heterocycles. The highest BCUT2D eigenvalue weighted by atomic mass is 32.2. The highest BCUT2D eigenvalue weighted by molar-refractivity contribution is 7.98. The second-order valence-electron chi connectivity index (χ2n) is 4.45. The molecule has 0 saturated carbocycles. The number of carbonyl (C=O) groups excluding carboxylic acids is 1. The van der Waals surface area contributed by atoms with E-state index in [1.165, 1.54) is 0 Å². The molecule has 106 valence electrons. The molecule has 20 heavy (non-hydrogen) atoms. The van der Waals surface area contributed by atoms with Gasteiger partial charge in [0.1, 0.15) is 5.76 Å². The van der Waals surface area contributed by atoms with Crippen LogP contribution in [-0.2, 0) is 10.5 Å². The van der Waals surface area contributed by atoms with Gasteiger partial charge in [0, 0.05) is 23.5 Å². The molecule has 0 spiro atoms. The van der Waals surface area contributed by atoms with Gasteiger partial charge in [-0.15, -0.1) is 0 Å². The number of nitrogen functional groups attached to an aromatic ring is 1. The van der Waals surface area contributed by atoms with Gasteiger partial charge in [-0.05, 0) is 36.8 Å². The van der Waals surface area contributed by atoms with E-state index in [1.54, 1.807) is 18.0 Å². The normalized spacial score (nSPS) is 10.4. The first-order chi connectivity index (χ1) is 9.66. The highest BCUT2D eigenvalue weighted by Crippen LogP contribution is 2.21. The number of benzene rings is 1. The van der Waals surface area contributed by atoms with Gasteiger partial charge in [0.2, 0.25) is 5.91 Å².